The molecule has 7 heteroatoms. The van der Waals surface area contributed by atoms with E-state index in [4.69, 9.17) is 11.6 Å². The molecule has 1 aliphatic rings. The second-order valence-electron chi connectivity index (χ2n) is 8.16. The van der Waals surface area contributed by atoms with E-state index in [1.165, 1.54) is 18.2 Å². The molecule has 1 fully saturated rings. The average molecular weight is 490 g/mol. The fourth-order valence-corrected chi connectivity index (χ4v) is 5.22. The van der Waals surface area contributed by atoms with Crippen LogP contribution in [-0.4, -0.2) is 17.9 Å². The minimum Gasteiger partial charge on any atom is -0.349 e. The van der Waals surface area contributed by atoms with Crippen LogP contribution in [0.3, 0.4) is 0 Å². The number of benzene rings is 3. The smallest absolute Gasteiger partial charge is 0.256 e. The highest BCUT2D eigenvalue weighted by Crippen LogP contribution is 2.33. The maximum Gasteiger partial charge on any atom is 0.256 e. The molecule has 3 aromatic rings. The fourth-order valence-electron chi connectivity index (χ4n) is 4.00. The number of hydrogen-bond donors (Lipinski definition) is 2. The molecule has 0 unspecified atom stereocenters. The molecule has 172 valence electrons. The van der Waals surface area contributed by atoms with Gasteiger partial charge >= 0.3 is 0 Å². The highest BCUT2D eigenvalue weighted by molar-refractivity contribution is 7.99. The van der Waals surface area contributed by atoms with E-state index in [1.807, 2.05) is 30.3 Å². The number of carbonyl (C=O) groups excluding carboxylic acids is 2. The van der Waals surface area contributed by atoms with Crippen LogP contribution in [0.5, 0.6) is 0 Å². The second kappa shape index (κ2) is 11.2. The zero-order chi connectivity index (χ0) is 23.9. The van der Waals surface area contributed by atoms with Crippen LogP contribution < -0.4 is 10.6 Å². The van der Waals surface area contributed by atoms with Crippen LogP contribution in [0.1, 0.15) is 58.4 Å². The van der Waals surface area contributed by atoms with Crippen molar-refractivity contribution in [2.24, 2.45) is 0 Å². The SMILES string of the molecule is N#Cc1ccccc1Sc1ccccc1C(=O)Nc1ccc(Cl)c(C(=O)NC2CCCCC2)c1. The molecule has 0 radical (unpaired) electrons. The third-order valence-electron chi connectivity index (χ3n) is 5.77. The molecule has 0 aliphatic heterocycles. The summed E-state index contributed by atoms with van der Waals surface area (Å²) in [6.45, 7) is 0. The molecule has 34 heavy (non-hydrogen) atoms. The van der Waals surface area contributed by atoms with Crippen LogP contribution in [0.2, 0.25) is 5.02 Å². The van der Waals surface area contributed by atoms with Crippen LogP contribution in [0.4, 0.5) is 5.69 Å². The normalized spacial score (nSPS) is 13.6. The minimum atomic E-state index is -0.307. The lowest BCUT2D eigenvalue weighted by Gasteiger charge is -2.23. The van der Waals surface area contributed by atoms with E-state index < -0.39 is 0 Å². The quantitative estimate of drug-likeness (QED) is 0.404. The van der Waals surface area contributed by atoms with Gasteiger partial charge in [0, 0.05) is 21.5 Å². The highest BCUT2D eigenvalue weighted by Gasteiger charge is 2.20. The van der Waals surface area contributed by atoms with Gasteiger partial charge in [0.15, 0.2) is 0 Å². The number of hydrogen-bond acceptors (Lipinski definition) is 4. The largest absolute Gasteiger partial charge is 0.349 e. The maximum atomic E-state index is 13.1. The Bertz CT molecular complexity index is 1250. The number of nitrogens with zero attached hydrogens (tertiary/aromatic N) is 1. The van der Waals surface area contributed by atoms with Gasteiger partial charge < -0.3 is 10.6 Å². The summed E-state index contributed by atoms with van der Waals surface area (Å²) in [5.41, 5.74) is 1.86. The molecule has 1 saturated carbocycles. The van der Waals surface area contributed by atoms with Gasteiger partial charge in [0.05, 0.1) is 21.7 Å². The van der Waals surface area contributed by atoms with Gasteiger partial charge in [-0.2, -0.15) is 5.26 Å². The maximum absolute atomic E-state index is 13.1. The topological polar surface area (TPSA) is 82.0 Å². The number of amides is 2. The molecule has 2 N–H and O–H groups in total. The number of halogens is 1. The molecule has 0 bridgehead atoms. The number of rotatable bonds is 6. The first-order valence-electron chi connectivity index (χ1n) is 11.2. The van der Waals surface area contributed by atoms with E-state index in [0.29, 0.717) is 27.4 Å². The lowest BCUT2D eigenvalue weighted by molar-refractivity contribution is 0.0926. The third-order valence-corrected chi connectivity index (χ3v) is 7.25. The monoisotopic (exact) mass is 489 g/mol. The summed E-state index contributed by atoms with van der Waals surface area (Å²) in [7, 11) is 0. The summed E-state index contributed by atoms with van der Waals surface area (Å²) in [6.07, 6.45) is 5.39. The third kappa shape index (κ3) is 5.80. The van der Waals surface area contributed by atoms with Crippen molar-refractivity contribution in [1.82, 2.24) is 5.32 Å². The molecule has 1 aliphatic carbocycles. The van der Waals surface area contributed by atoms with Crippen LogP contribution in [-0.2, 0) is 0 Å². The Morgan fingerprint density at radius 1 is 0.882 bits per heavy atom. The second-order valence-corrected chi connectivity index (χ2v) is 9.65. The summed E-state index contributed by atoms with van der Waals surface area (Å²) >= 11 is 7.67. The first-order chi connectivity index (χ1) is 16.5. The van der Waals surface area contributed by atoms with Crippen molar-refractivity contribution in [3.05, 3.63) is 88.4 Å². The summed E-state index contributed by atoms with van der Waals surface area (Å²) in [5.74, 6) is -0.532. The van der Waals surface area contributed by atoms with E-state index in [1.54, 1.807) is 36.4 Å². The predicted octanol–water partition coefficient (Wildman–Crippen LogP) is 6.68. The van der Waals surface area contributed by atoms with E-state index >= 15 is 0 Å². The molecule has 4 rings (SSSR count). The highest BCUT2D eigenvalue weighted by atomic mass is 35.5. The Balaban J connectivity index is 1.52. The minimum absolute atomic E-state index is 0.163. The van der Waals surface area contributed by atoms with Crippen molar-refractivity contribution in [2.75, 3.05) is 5.32 Å². The molecule has 0 aromatic heterocycles. The van der Waals surface area contributed by atoms with Crippen molar-refractivity contribution in [3.8, 4) is 6.07 Å². The standard InChI is InChI=1S/C27H24ClN3O2S/c28-23-15-14-20(16-22(23)27(33)30-19-9-2-1-3-10-19)31-26(32)21-11-5-7-13-25(21)34-24-12-6-4-8-18(24)17-29/h4-8,11-16,19H,1-3,9-10H2,(H,30,33)(H,31,32). The molecule has 0 atom stereocenters. The Morgan fingerprint density at radius 2 is 1.59 bits per heavy atom. The van der Waals surface area contributed by atoms with Crippen LogP contribution in [0.15, 0.2) is 76.5 Å². The fraction of sp³-hybridized carbons (Fsp3) is 0.222. The molecule has 0 spiro atoms. The zero-order valence-electron chi connectivity index (χ0n) is 18.5. The van der Waals surface area contributed by atoms with Crippen LogP contribution >= 0.6 is 23.4 Å². The Labute approximate surface area is 208 Å². The Morgan fingerprint density at radius 3 is 2.35 bits per heavy atom. The number of nitriles is 1. The summed E-state index contributed by atoms with van der Waals surface area (Å²) in [6, 6.07) is 21.8. The molecule has 5 nitrogen and oxygen atoms in total. The van der Waals surface area contributed by atoms with Gasteiger partial charge in [-0.1, -0.05) is 66.9 Å². The van der Waals surface area contributed by atoms with Crippen molar-refractivity contribution in [2.45, 2.75) is 47.9 Å². The molecule has 3 aromatic carbocycles. The average Bonchev–Trinajstić information content (AvgIpc) is 2.86. The van der Waals surface area contributed by atoms with Crippen molar-refractivity contribution in [1.29, 1.82) is 5.26 Å². The predicted molar refractivity (Wildman–Crippen MR) is 135 cm³/mol. The Hall–Kier alpha value is -3.27. The lowest BCUT2D eigenvalue weighted by Crippen LogP contribution is -2.36. The van der Waals surface area contributed by atoms with Crippen LogP contribution in [0, 0.1) is 11.3 Å². The van der Waals surface area contributed by atoms with E-state index in [0.717, 1.165) is 35.5 Å². The van der Waals surface area contributed by atoms with Crippen molar-refractivity contribution in [3.63, 3.8) is 0 Å². The lowest BCUT2D eigenvalue weighted by atomic mass is 9.95. The first-order valence-corrected chi connectivity index (χ1v) is 12.4. The van der Waals surface area contributed by atoms with Crippen molar-refractivity contribution >= 4 is 40.9 Å². The number of carbonyl (C=O) groups is 2. The molecular formula is C27H24ClN3O2S. The van der Waals surface area contributed by atoms with Gasteiger partial charge in [0.2, 0.25) is 0 Å². The molecule has 0 heterocycles. The van der Waals surface area contributed by atoms with Gasteiger partial charge in [-0.25, -0.2) is 0 Å². The number of nitrogens with one attached hydrogen (secondary N) is 2. The van der Waals surface area contributed by atoms with Gasteiger partial charge in [0.25, 0.3) is 11.8 Å². The zero-order valence-corrected chi connectivity index (χ0v) is 20.1. The number of anilines is 1. The summed E-state index contributed by atoms with van der Waals surface area (Å²) < 4.78 is 0. The first kappa shape index (κ1) is 23.9. The van der Waals surface area contributed by atoms with Gasteiger partial charge in [-0.15, -0.1) is 0 Å². The van der Waals surface area contributed by atoms with Crippen LogP contribution in [0.25, 0.3) is 0 Å². The van der Waals surface area contributed by atoms with E-state index in [-0.39, 0.29) is 17.9 Å². The van der Waals surface area contributed by atoms with Gasteiger partial charge in [-0.05, 0) is 55.3 Å². The van der Waals surface area contributed by atoms with E-state index in [2.05, 4.69) is 16.7 Å². The molecule has 0 saturated heterocycles. The Kier molecular flexibility index (Phi) is 7.89. The summed E-state index contributed by atoms with van der Waals surface area (Å²) in [5, 5.41) is 15.7. The summed E-state index contributed by atoms with van der Waals surface area (Å²) in [4.78, 5) is 27.5. The molecule has 2 amide bonds. The van der Waals surface area contributed by atoms with E-state index in [9.17, 15) is 14.9 Å². The molecular weight excluding hydrogens is 466 g/mol. The van der Waals surface area contributed by atoms with Crippen molar-refractivity contribution < 1.29 is 9.59 Å². The van der Waals surface area contributed by atoms with Gasteiger partial charge in [-0.3, -0.25) is 9.59 Å². The van der Waals surface area contributed by atoms with Gasteiger partial charge in [0.1, 0.15) is 6.07 Å².